The van der Waals surface area contributed by atoms with Gasteiger partial charge in [0, 0.05) is 20.6 Å². The third-order valence-corrected chi connectivity index (χ3v) is 3.72. The predicted molar refractivity (Wildman–Crippen MR) is 125 cm³/mol. The normalized spacial score (nSPS) is 10.6. The van der Waals surface area contributed by atoms with Crippen LogP contribution in [0.2, 0.25) is 0 Å². The van der Waals surface area contributed by atoms with Gasteiger partial charge in [-0.15, -0.1) is 24.0 Å². The number of hydrogen-bond acceptors (Lipinski definition) is 5. The van der Waals surface area contributed by atoms with Gasteiger partial charge in [0.05, 0.1) is 25.9 Å². The van der Waals surface area contributed by atoms with Crippen LogP contribution in [0.4, 0.5) is 5.82 Å². The van der Waals surface area contributed by atoms with E-state index < -0.39 is 0 Å². The number of nitrogens with zero attached hydrogens (tertiary/aromatic N) is 3. The Morgan fingerprint density at radius 3 is 2.43 bits per heavy atom. The van der Waals surface area contributed by atoms with Crippen molar-refractivity contribution in [2.45, 2.75) is 13.5 Å². The van der Waals surface area contributed by atoms with Crippen molar-refractivity contribution in [2.24, 2.45) is 4.99 Å². The molecule has 154 valence electrons. The van der Waals surface area contributed by atoms with Crippen molar-refractivity contribution in [3.63, 3.8) is 0 Å². The maximum Gasteiger partial charge on any atom is 0.191 e. The van der Waals surface area contributed by atoms with Crippen molar-refractivity contribution in [3.8, 4) is 11.5 Å². The van der Waals surface area contributed by atoms with Gasteiger partial charge < -0.3 is 25.0 Å². The van der Waals surface area contributed by atoms with Crippen LogP contribution in [0.1, 0.15) is 12.6 Å². The Kier molecular flexibility index (Phi) is 11.1. The Labute approximate surface area is 184 Å². The largest absolute Gasteiger partial charge is 0.497 e. The third kappa shape index (κ3) is 8.20. The minimum atomic E-state index is 0. The number of nitrogens with one attached hydrogen (secondary N) is 2. The molecule has 2 rings (SSSR count). The number of rotatable bonds is 9. The van der Waals surface area contributed by atoms with Crippen LogP contribution < -0.4 is 25.0 Å². The van der Waals surface area contributed by atoms with E-state index in [1.165, 1.54) is 0 Å². The van der Waals surface area contributed by atoms with Crippen molar-refractivity contribution in [1.29, 1.82) is 0 Å². The summed E-state index contributed by atoms with van der Waals surface area (Å²) < 4.78 is 10.9. The van der Waals surface area contributed by atoms with Gasteiger partial charge in [0.25, 0.3) is 0 Å². The molecule has 0 saturated carbocycles. The SMILES string of the molecule is CCNC(=NCc1cccc(N(C)C)n1)NCCOc1ccc(OC)cc1.I. The minimum absolute atomic E-state index is 0. The lowest BCUT2D eigenvalue weighted by molar-refractivity contribution is 0.321. The molecule has 1 aromatic carbocycles. The molecular formula is C20H30IN5O2. The van der Waals surface area contributed by atoms with Gasteiger partial charge in [0.15, 0.2) is 5.96 Å². The van der Waals surface area contributed by atoms with E-state index >= 15 is 0 Å². The van der Waals surface area contributed by atoms with Gasteiger partial charge in [-0.25, -0.2) is 9.98 Å². The number of pyridine rings is 1. The summed E-state index contributed by atoms with van der Waals surface area (Å²) in [7, 11) is 5.60. The van der Waals surface area contributed by atoms with E-state index in [2.05, 4.69) is 20.6 Å². The number of ether oxygens (including phenoxy) is 2. The number of aromatic nitrogens is 1. The average molecular weight is 499 g/mol. The molecule has 0 bridgehead atoms. The number of halogens is 1. The summed E-state index contributed by atoms with van der Waals surface area (Å²) in [4.78, 5) is 11.2. The summed E-state index contributed by atoms with van der Waals surface area (Å²) in [6, 6.07) is 13.5. The highest BCUT2D eigenvalue weighted by molar-refractivity contribution is 14.0. The molecule has 0 fully saturated rings. The standard InChI is InChI=1S/C20H29N5O2.HI/c1-5-21-20(23-15-16-7-6-8-19(24-16)25(2)3)22-13-14-27-18-11-9-17(26-4)10-12-18;/h6-12H,5,13-15H2,1-4H3,(H2,21,22,23);1H. The number of anilines is 1. The van der Waals surface area contributed by atoms with E-state index in [1.54, 1.807) is 7.11 Å². The van der Waals surface area contributed by atoms with Crippen LogP contribution in [-0.4, -0.2) is 51.8 Å². The number of aliphatic imine (C=N–C) groups is 1. The first-order valence-electron chi connectivity index (χ1n) is 9.04. The van der Waals surface area contributed by atoms with E-state index in [0.29, 0.717) is 19.7 Å². The smallest absolute Gasteiger partial charge is 0.191 e. The van der Waals surface area contributed by atoms with E-state index in [9.17, 15) is 0 Å². The number of hydrogen-bond donors (Lipinski definition) is 2. The summed E-state index contributed by atoms with van der Waals surface area (Å²) in [5.41, 5.74) is 0.924. The quantitative estimate of drug-likeness (QED) is 0.239. The fraction of sp³-hybridized carbons (Fsp3) is 0.400. The highest BCUT2D eigenvalue weighted by atomic mass is 127. The van der Waals surface area contributed by atoms with Crippen molar-refractivity contribution >= 4 is 35.8 Å². The molecule has 0 aliphatic heterocycles. The Bertz CT molecular complexity index is 723. The van der Waals surface area contributed by atoms with Gasteiger partial charge >= 0.3 is 0 Å². The minimum Gasteiger partial charge on any atom is -0.497 e. The molecule has 0 saturated heterocycles. The number of methoxy groups -OCH3 is 1. The summed E-state index contributed by atoms with van der Waals surface area (Å²) in [5, 5.41) is 6.50. The topological polar surface area (TPSA) is 71.0 Å². The zero-order valence-electron chi connectivity index (χ0n) is 16.9. The molecule has 0 aliphatic rings. The highest BCUT2D eigenvalue weighted by Gasteiger charge is 2.01. The van der Waals surface area contributed by atoms with Crippen molar-refractivity contribution in [1.82, 2.24) is 15.6 Å². The second kappa shape index (κ2) is 13.0. The molecule has 0 amide bonds. The molecule has 1 heterocycles. The molecule has 1 aromatic heterocycles. The van der Waals surface area contributed by atoms with Gasteiger partial charge in [-0.2, -0.15) is 0 Å². The fourth-order valence-electron chi connectivity index (χ4n) is 2.32. The van der Waals surface area contributed by atoms with Gasteiger partial charge in [-0.1, -0.05) is 6.07 Å². The first-order chi connectivity index (χ1) is 13.1. The number of benzene rings is 1. The molecule has 0 aliphatic carbocycles. The third-order valence-electron chi connectivity index (χ3n) is 3.72. The zero-order chi connectivity index (χ0) is 19.5. The summed E-state index contributed by atoms with van der Waals surface area (Å²) in [5.74, 6) is 3.29. The molecule has 7 nitrogen and oxygen atoms in total. The lowest BCUT2D eigenvalue weighted by Crippen LogP contribution is -2.39. The first-order valence-corrected chi connectivity index (χ1v) is 9.04. The molecule has 2 aromatic rings. The van der Waals surface area contributed by atoms with E-state index in [-0.39, 0.29) is 24.0 Å². The van der Waals surface area contributed by atoms with Crippen LogP contribution in [0.5, 0.6) is 11.5 Å². The predicted octanol–water partition coefficient (Wildman–Crippen LogP) is 2.91. The molecule has 0 spiro atoms. The molecule has 0 unspecified atom stereocenters. The highest BCUT2D eigenvalue weighted by Crippen LogP contribution is 2.16. The lowest BCUT2D eigenvalue weighted by atomic mass is 10.3. The van der Waals surface area contributed by atoms with E-state index in [0.717, 1.165) is 35.5 Å². The van der Waals surface area contributed by atoms with Crippen molar-refractivity contribution in [2.75, 3.05) is 45.8 Å². The van der Waals surface area contributed by atoms with Crippen molar-refractivity contribution in [3.05, 3.63) is 48.2 Å². The Morgan fingerprint density at radius 1 is 1.07 bits per heavy atom. The monoisotopic (exact) mass is 499 g/mol. The lowest BCUT2D eigenvalue weighted by Gasteiger charge is -2.13. The Hall–Kier alpha value is -2.23. The van der Waals surface area contributed by atoms with Crippen LogP contribution in [-0.2, 0) is 6.54 Å². The van der Waals surface area contributed by atoms with Crippen LogP contribution in [0.3, 0.4) is 0 Å². The summed E-state index contributed by atoms with van der Waals surface area (Å²) in [6.45, 7) is 4.51. The second-order valence-electron chi connectivity index (χ2n) is 6.03. The van der Waals surface area contributed by atoms with Gasteiger partial charge in [0.2, 0.25) is 0 Å². The summed E-state index contributed by atoms with van der Waals surface area (Å²) >= 11 is 0. The molecule has 0 radical (unpaired) electrons. The van der Waals surface area contributed by atoms with E-state index in [1.807, 2.05) is 68.4 Å². The maximum atomic E-state index is 5.72. The summed E-state index contributed by atoms with van der Waals surface area (Å²) in [6.07, 6.45) is 0. The first kappa shape index (κ1) is 23.8. The fourth-order valence-corrected chi connectivity index (χ4v) is 2.32. The molecule has 0 atom stereocenters. The van der Waals surface area contributed by atoms with Crippen LogP contribution in [0, 0.1) is 0 Å². The van der Waals surface area contributed by atoms with Crippen molar-refractivity contribution < 1.29 is 9.47 Å². The zero-order valence-corrected chi connectivity index (χ0v) is 19.3. The molecule has 8 heteroatoms. The maximum absolute atomic E-state index is 5.72. The van der Waals surface area contributed by atoms with Crippen LogP contribution in [0.15, 0.2) is 47.5 Å². The Morgan fingerprint density at radius 2 is 1.79 bits per heavy atom. The molecule has 2 N–H and O–H groups in total. The van der Waals surface area contributed by atoms with Crippen LogP contribution >= 0.6 is 24.0 Å². The number of guanidine groups is 1. The van der Waals surface area contributed by atoms with Gasteiger partial charge in [-0.3, -0.25) is 0 Å². The molecular weight excluding hydrogens is 469 g/mol. The van der Waals surface area contributed by atoms with Gasteiger partial charge in [-0.05, 0) is 43.3 Å². The average Bonchev–Trinajstić information content (AvgIpc) is 2.70. The van der Waals surface area contributed by atoms with Crippen LogP contribution in [0.25, 0.3) is 0 Å². The Balaban J connectivity index is 0.00000392. The van der Waals surface area contributed by atoms with Gasteiger partial charge in [0.1, 0.15) is 23.9 Å². The molecule has 28 heavy (non-hydrogen) atoms. The second-order valence-corrected chi connectivity index (χ2v) is 6.03. The van der Waals surface area contributed by atoms with E-state index in [4.69, 9.17) is 9.47 Å².